The molecule has 4 N–H and O–H groups in total. The zero-order chi connectivity index (χ0) is 20.2. The first-order valence-electron chi connectivity index (χ1n) is 9.32. The van der Waals surface area contributed by atoms with Crippen molar-refractivity contribution in [2.45, 2.75) is 25.4 Å². The lowest BCUT2D eigenvalue weighted by Gasteiger charge is -2.29. The summed E-state index contributed by atoms with van der Waals surface area (Å²) in [4.78, 5) is 22.4. The number of carbonyl (C=O) groups is 1. The van der Waals surface area contributed by atoms with Crippen LogP contribution in [-0.2, 0) is 4.74 Å². The highest BCUT2D eigenvalue weighted by atomic mass is 16.5. The van der Waals surface area contributed by atoms with E-state index in [1.807, 2.05) is 24.3 Å². The molecule has 3 heterocycles. The molecular formula is C19H22N8O2. The van der Waals surface area contributed by atoms with Crippen LogP contribution in [0.4, 0.5) is 17.5 Å². The van der Waals surface area contributed by atoms with Gasteiger partial charge in [0, 0.05) is 30.6 Å². The van der Waals surface area contributed by atoms with Gasteiger partial charge >= 0.3 is 0 Å². The number of nitrogens with one attached hydrogen (secondary N) is 2. The summed E-state index contributed by atoms with van der Waals surface area (Å²) in [5, 5.41) is 14.7. The molecule has 0 amide bonds. The van der Waals surface area contributed by atoms with Crippen LogP contribution in [0.3, 0.4) is 0 Å². The summed E-state index contributed by atoms with van der Waals surface area (Å²) in [5.74, 6) is 0.692. The Morgan fingerprint density at radius 3 is 2.90 bits per heavy atom. The highest BCUT2D eigenvalue weighted by molar-refractivity contribution is 5.99. The van der Waals surface area contributed by atoms with Crippen LogP contribution in [0.2, 0.25) is 0 Å². The fourth-order valence-corrected chi connectivity index (χ4v) is 3.10. The van der Waals surface area contributed by atoms with Gasteiger partial charge in [0.1, 0.15) is 5.82 Å². The Bertz CT molecular complexity index is 992. The smallest absolute Gasteiger partial charge is 0.224 e. The molecule has 1 aliphatic rings. The predicted octanol–water partition coefficient (Wildman–Crippen LogP) is 1.53. The van der Waals surface area contributed by atoms with Crippen molar-refractivity contribution in [1.29, 1.82) is 0 Å². The van der Waals surface area contributed by atoms with E-state index in [0.717, 1.165) is 17.8 Å². The van der Waals surface area contributed by atoms with E-state index in [4.69, 9.17) is 10.5 Å². The van der Waals surface area contributed by atoms with Gasteiger partial charge in [0.05, 0.1) is 30.3 Å². The number of benzene rings is 1. The molecule has 0 aliphatic carbocycles. The van der Waals surface area contributed by atoms with Crippen molar-refractivity contribution in [3.8, 4) is 5.69 Å². The predicted molar refractivity (Wildman–Crippen MR) is 108 cm³/mol. The van der Waals surface area contributed by atoms with E-state index in [9.17, 15) is 4.79 Å². The van der Waals surface area contributed by atoms with Crippen molar-refractivity contribution in [1.82, 2.24) is 25.0 Å². The molecule has 0 bridgehead atoms. The van der Waals surface area contributed by atoms with Crippen LogP contribution in [0.1, 0.15) is 23.7 Å². The van der Waals surface area contributed by atoms with Gasteiger partial charge in [0.15, 0.2) is 5.78 Å². The van der Waals surface area contributed by atoms with Crippen molar-refractivity contribution in [3.05, 3.63) is 48.4 Å². The highest BCUT2D eigenvalue weighted by Crippen LogP contribution is 2.23. The van der Waals surface area contributed by atoms with Crippen LogP contribution in [-0.4, -0.2) is 56.0 Å². The van der Waals surface area contributed by atoms with E-state index < -0.39 is 0 Å². The van der Waals surface area contributed by atoms with E-state index in [-0.39, 0.29) is 17.9 Å². The maximum absolute atomic E-state index is 12.1. The summed E-state index contributed by atoms with van der Waals surface area (Å²) in [6.45, 7) is 2.61. The Labute approximate surface area is 167 Å². The molecule has 150 valence electrons. The zero-order valence-electron chi connectivity index (χ0n) is 15.9. The summed E-state index contributed by atoms with van der Waals surface area (Å²) in [6, 6.07) is 7.36. The van der Waals surface area contributed by atoms with E-state index >= 15 is 0 Å². The fourth-order valence-electron chi connectivity index (χ4n) is 3.10. The first kappa shape index (κ1) is 19.0. The SMILES string of the molecule is CC(=O)c1cnc(N[C@@H]2CCOC[C@@H]2N)nc1Nc1cccc(-n2nccn2)c1. The summed E-state index contributed by atoms with van der Waals surface area (Å²) >= 11 is 0. The summed E-state index contributed by atoms with van der Waals surface area (Å²) in [5.41, 5.74) is 8.03. The van der Waals surface area contributed by atoms with Crippen LogP contribution < -0.4 is 16.4 Å². The van der Waals surface area contributed by atoms with Gasteiger partial charge in [-0.25, -0.2) is 4.98 Å². The Morgan fingerprint density at radius 1 is 1.31 bits per heavy atom. The van der Waals surface area contributed by atoms with Crippen molar-refractivity contribution in [2.24, 2.45) is 5.73 Å². The third-order valence-corrected chi connectivity index (χ3v) is 4.64. The minimum Gasteiger partial charge on any atom is -0.380 e. The van der Waals surface area contributed by atoms with Crippen LogP contribution in [0.25, 0.3) is 5.69 Å². The van der Waals surface area contributed by atoms with Gasteiger partial charge in [0.25, 0.3) is 0 Å². The van der Waals surface area contributed by atoms with Crippen LogP contribution in [0, 0.1) is 0 Å². The summed E-state index contributed by atoms with van der Waals surface area (Å²) in [7, 11) is 0. The maximum atomic E-state index is 12.1. The average Bonchev–Trinajstić information content (AvgIpc) is 3.25. The van der Waals surface area contributed by atoms with Crippen molar-refractivity contribution in [3.63, 3.8) is 0 Å². The second-order valence-corrected chi connectivity index (χ2v) is 6.78. The number of nitrogens with two attached hydrogens (primary N) is 1. The van der Waals surface area contributed by atoms with Gasteiger partial charge in [-0.1, -0.05) is 6.07 Å². The van der Waals surface area contributed by atoms with Gasteiger partial charge in [0.2, 0.25) is 5.95 Å². The summed E-state index contributed by atoms with van der Waals surface area (Å²) in [6.07, 6.45) is 5.50. The number of anilines is 3. The van der Waals surface area contributed by atoms with Gasteiger partial charge in [-0.05, 0) is 31.5 Å². The quantitative estimate of drug-likeness (QED) is 0.532. The number of nitrogens with zero attached hydrogens (tertiary/aromatic N) is 5. The third-order valence-electron chi connectivity index (χ3n) is 4.64. The molecule has 1 saturated heterocycles. The lowest BCUT2D eigenvalue weighted by Crippen LogP contribution is -2.47. The van der Waals surface area contributed by atoms with E-state index in [0.29, 0.717) is 30.5 Å². The Balaban J connectivity index is 1.60. The molecule has 2 atom stereocenters. The van der Waals surface area contributed by atoms with Crippen LogP contribution >= 0.6 is 0 Å². The molecule has 0 unspecified atom stereocenters. The van der Waals surface area contributed by atoms with E-state index in [2.05, 4.69) is 30.8 Å². The van der Waals surface area contributed by atoms with E-state index in [1.165, 1.54) is 17.9 Å². The number of carbonyl (C=O) groups excluding carboxylic acids is 1. The molecule has 29 heavy (non-hydrogen) atoms. The molecule has 10 heteroatoms. The third kappa shape index (κ3) is 4.39. The lowest BCUT2D eigenvalue weighted by atomic mass is 10.1. The second kappa shape index (κ2) is 8.33. The van der Waals surface area contributed by atoms with Gasteiger partial charge in [-0.3, -0.25) is 4.79 Å². The van der Waals surface area contributed by atoms with Gasteiger partial charge in [-0.2, -0.15) is 20.0 Å². The number of aromatic nitrogens is 5. The highest BCUT2D eigenvalue weighted by Gasteiger charge is 2.23. The number of Topliss-reactive ketones (excluding diaryl/α,β-unsaturated/α-hetero) is 1. The normalized spacial score (nSPS) is 19.0. The second-order valence-electron chi connectivity index (χ2n) is 6.78. The average molecular weight is 394 g/mol. The minimum absolute atomic E-state index is 0.00833. The molecule has 1 fully saturated rings. The first-order valence-corrected chi connectivity index (χ1v) is 9.32. The standard InChI is InChI=1S/C19H22N8O2/c1-12(28)15-10-21-19(25-17-5-8-29-11-16(17)20)26-18(15)24-13-3-2-4-14(9-13)27-22-6-7-23-27/h2-4,6-7,9-10,16-17H,5,8,11,20H2,1H3,(H2,21,24,25,26)/t16-,17+/m0/s1. The first-order chi connectivity index (χ1) is 14.1. The molecule has 10 nitrogen and oxygen atoms in total. The molecule has 0 spiro atoms. The van der Waals surface area contributed by atoms with Crippen molar-refractivity contribution >= 4 is 23.2 Å². The lowest BCUT2D eigenvalue weighted by molar-refractivity contribution is 0.0751. The van der Waals surface area contributed by atoms with E-state index in [1.54, 1.807) is 12.4 Å². The minimum atomic E-state index is -0.144. The maximum Gasteiger partial charge on any atom is 0.224 e. The van der Waals surface area contributed by atoms with Crippen LogP contribution in [0.15, 0.2) is 42.9 Å². The van der Waals surface area contributed by atoms with Gasteiger partial charge < -0.3 is 21.1 Å². The number of rotatable bonds is 6. The molecule has 4 rings (SSSR count). The molecule has 2 aromatic heterocycles. The molecule has 1 aromatic carbocycles. The summed E-state index contributed by atoms with van der Waals surface area (Å²) < 4.78 is 5.37. The fraction of sp³-hybridized carbons (Fsp3) is 0.316. The molecule has 1 aliphatic heterocycles. The number of ether oxygens (including phenoxy) is 1. The molecule has 0 radical (unpaired) electrons. The number of hydrogen-bond donors (Lipinski definition) is 3. The molecule has 3 aromatic rings. The molecular weight excluding hydrogens is 372 g/mol. The van der Waals surface area contributed by atoms with Crippen LogP contribution in [0.5, 0.6) is 0 Å². The topological polar surface area (TPSA) is 133 Å². The zero-order valence-corrected chi connectivity index (χ0v) is 15.9. The van der Waals surface area contributed by atoms with Crippen molar-refractivity contribution < 1.29 is 9.53 Å². The van der Waals surface area contributed by atoms with Gasteiger partial charge in [-0.15, -0.1) is 0 Å². The monoisotopic (exact) mass is 394 g/mol. The number of ketones is 1. The Kier molecular flexibility index (Phi) is 5.45. The number of hydrogen-bond acceptors (Lipinski definition) is 9. The Hall–Kier alpha value is -3.37. The largest absolute Gasteiger partial charge is 0.380 e. The Morgan fingerprint density at radius 2 is 2.14 bits per heavy atom. The van der Waals surface area contributed by atoms with Crippen molar-refractivity contribution in [2.75, 3.05) is 23.8 Å². The molecule has 0 saturated carbocycles.